The highest BCUT2D eigenvalue weighted by atomic mass is 16.6. The summed E-state index contributed by atoms with van der Waals surface area (Å²) in [5, 5.41) is 26.7. The molecule has 0 aromatic carbocycles. The third-order valence-corrected chi connectivity index (χ3v) is 2.84. The lowest BCUT2D eigenvalue weighted by atomic mass is 10.2. The van der Waals surface area contributed by atoms with Crippen LogP contribution in [-0.2, 0) is 23.0 Å². The largest absolute Gasteiger partial charge is 0.481 e. The van der Waals surface area contributed by atoms with Crippen molar-refractivity contribution in [2.24, 2.45) is 7.05 Å². The van der Waals surface area contributed by atoms with E-state index in [9.17, 15) is 14.9 Å². The van der Waals surface area contributed by atoms with Gasteiger partial charge < -0.3 is 15.2 Å². The number of hydrogen-bond donors (Lipinski definition) is 2. The Morgan fingerprint density at radius 3 is 2.75 bits per heavy atom. The summed E-state index contributed by atoms with van der Waals surface area (Å²) >= 11 is 0. The highest BCUT2D eigenvalue weighted by Gasteiger charge is 2.26. The van der Waals surface area contributed by atoms with Crippen LogP contribution in [0.25, 0.3) is 0 Å². The maximum Gasteiger partial charge on any atom is 0.333 e. The molecular formula is C11H18N4O5. The van der Waals surface area contributed by atoms with Gasteiger partial charge in [0.25, 0.3) is 0 Å². The Balaban J connectivity index is 2.89. The maximum absolute atomic E-state index is 11.1. The van der Waals surface area contributed by atoms with Gasteiger partial charge in [-0.05, 0) is 6.42 Å². The predicted octanol–water partition coefficient (Wildman–Crippen LogP) is 0.792. The molecule has 0 saturated heterocycles. The Morgan fingerprint density at radius 2 is 2.30 bits per heavy atom. The van der Waals surface area contributed by atoms with Crippen molar-refractivity contribution in [3.05, 3.63) is 15.8 Å². The van der Waals surface area contributed by atoms with E-state index in [-0.39, 0.29) is 24.5 Å². The van der Waals surface area contributed by atoms with Gasteiger partial charge in [0.2, 0.25) is 5.82 Å². The second kappa shape index (κ2) is 6.85. The first kappa shape index (κ1) is 15.9. The second-order valence-corrected chi connectivity index (χ2v) is 4.21. The number of carboxylic acids is 1. The Bertz CT molecular complexity index is 499. The molecule has 0 aliphatic heterocycles. The van der Waals surface area contributed by atoms with Crippen LogP contribution < -0.4 is 5.32 Å². The minimum absolute atomic E-state index is 0.0832. The van der Waals surface area contributed by atoms with Crippen LogP contribution >= 0.6 is 0 Å². The van der Waals surface area contributed by atoms with Crippen LogP contribution in [0, 0.1) is 10.1 Å². The quantitative estimate of drug-likeness (QED) is 0.535. The molecule has 1 atom stereocenters. The zero-order chi connectivity index (χ0) is 15.3. The lowest BCUT2D eigenvalue weighted by molar-refractivity contribution is -0.384. The summed E-state index contributed by atoms with van der Waals surface area (Å²) in [6.45, 7) is 1.92. The number of ether oxygens (including phenoxy) is 1. The summed E-state index contributed by atoms with van der Waals surface area (Å²) in [7, 11) is 2.98. The molecule has 0 fully saturated rings. The van der Waals surface area contributed by atoms with E-state index in [4.69, 9.17) is 9.84 Å². The number of hydrogen-bond acceptors (Lipinski definition) is 6. The number of nitro groups is 1. The molecule has 9 heteroatoms. The number of nitrogens with zero attached hydrogens (tertiary/aromatic N) is 3. The van der Waals surface area contributed by atoms with Crippen LogP contribution in [0.1, 0.15) is 19.0 Å². The smallest absolute Gasteiger partial charge is 0.333 e. The zero-order valence-corrected chi connectivity index (χ0v) is 11.6. The number of carboxylic acid groups (broad SMARTS) is 1. The molecule has 0 spiro atoms. The van der Waals surface area contributed by atoms with Crippen LogP contribution in [0.15, 0.2) is 0 Å². The average Bonchev–Trinajstić information content (AvgIpc) is 2.70. The number of aryl methyl sites for hydroxylation is 2. The van der Waals surface area contributed by atoms with Crippen molar-refractivity contribution in [1.29, 1.82) is 0 Å². The summed E-state index contributed by atoms with van der Waals surface area (Å²) in [6.07, 6.45) is -0.322. The first-order chi connectivity index (χ1) is 9.40. The summed E-state index contributed by atoms with van der Waals surface area (Å²) in [6, 6.07) is 0. The third kappa shape index (κ3) is 3.67. The SMILES string of the molecule is CCc1nn(C)c(NCC(CC(=O)O)OC)c1[N+](=O)[O-]. The molecule has 1 heterocycles. The van der Waals surface area contributed by atoms with Crippen molar-refractivity contribution in [3.63, 3.8) is 0 Å². The number of methoxy groups -OCH3 is 1. The third-order valence-electron chi connectivity index (χ3n) is 2.84. The highest BCUT2D eigenvalue weighted by molar-refractivity contribution is 5.67. The van der Waals surface area contributed by atoms with Gasteiger partial charge >= 0.3 is 11.7 Å². The van der Waals surface area contributed by atoms with Gasteiger partial charge in [-0.3, -0.25) is 14.9 Å². The molecule has 9 nitrogen and oxygen atoms in total. The number of nitrogens with one attached hydrogen (secondary N) is 1. The van der Waals surface area contributed by atoms with Gasteiger partial charge in [0, 0.05) is 20.7 Å². The van der Waals surface area contributed by atoms with Crippen LogP contribution in [0.4, 0.5) is 11.5 Å². The normalized spacial score (nSPS) is 12.2. The zero-order valence-electron chi connectivity index (χ0n) is 11.6. The molecule has 1 rings (SSSR count). The fourth-order valence-electron chi connectivity index (χ4n) is 1.84. The number of carbonyl (C=O) groups is 1. The topological polar surface area (TPSA) is 120 Å². The van der Waals surface area contributed by atoms with E-state index >= 15 is 0 Å². The standard InChI is InChI=1S/C11H18N4O5/c1-4-8-10(15(18)19)11(14(2)13-8)12-6-7(20-3)5-9(16)17/h7,12H,4-6H2,1-3H3,(H,16,17). The van der Waals surface area contributed by atoms with E-state index in [0.29, 0.717) is 12.1 Å². The summed E-state index contributed by atoms with van der Waals surface area (Å²) in [4.78, 5) is 21.2. The molecule has 20 heavy (non-hydrogen) atoms. The monoisotopic (exact) mass is 286 g/mol. The molecule has 0 bridgehead atoms. The maximum atomic E-state index is 11.1. The predicted molar refractivity (Wildman–Crippen MR) is 70.8 cm³/mol. The van der Waals surface area contributed by atoms with E-state index in [1.807, 2.05) is 0 Å². The molecule has 0 amide bonds. The van der Waals surface area contributed by atoms with Gasteiger partial charge in [-0.25, -0.2) is 4.68 Å². The van der Waals surface area contributed by atoms with Crippen LogP contribution in [0.5, 0.6) is 0 Å². The molecule has 2 N–H and O–H groups in total. The average molecular weight is 286 g/mol. The number of anilines is 1. The van der Waals surface area contributed by atoms with E-state index < -0.39 is 17.0 Å². The van der Waals surface area contributed by atoms with E-state index in [0.717, 1.165) is 0 Å². The number of rotatable bonds is 8. The lowest BCUT2D eigenvalue weighted by Crippen LogP contribution is -2.26. The van der Waals surface area contributed by atoms with Crippen molar-refractivity contribution < 1.29 is 19.6 Å². The van der Waals surface area contributed by atoms with Crippen molar-refractivity contribution in [1.82, 2.24) is 9.78 Å². The van der Waals surface area contributed by atoms with Gasteiger partial charge in [-0.15, -0.1) is 0 Å². The first-order valence-electron chi connectivity index (χ1n) is 6.09. The highest BCUT2D eigenvalue weighted by Crippen LogP contribution is 2.28. The number of aromatic nitrogens is 2. The molecule has 1 aromatic heterocycles. The summed E-state index contributed by atoms with van der Waals surface area (Å²) in [5.41, 5.74) is 0.298. The van der Waals surface area contributed by atoms with E-state index in [2.05, 4.69) is 10.4 Å². The minimum Gasteiger partial charge on any atom is -0.481 e. The van der Waals surface area contributed by atoms with Crippen molar-refractivity contribution in [2.75, 3.05) is 19.0 Å². The first-order valence-corrected chi connectivity index (χ1v) is 6.09. The van der Waals surface area contributed by atoms with Crippen molar-refractivity contribution in [2.45, 2.75) is 25.9 Å². The Hall–Kier alpha value is -2.16. The summed E-state index contributed by atoms with van der Waals surface area (Å²) < 4.78 is 6.39. The van der Waals surface area contributed by atoms with Gasteiger partial charge in [-0.1, -0.05) is 6.92 Å². The molecule has 1 aromatic rings. The summed E-state index contributed by atoms with van der Waals surface area (Å²) in [5.74, 6) is -0.744. The van der Waals surface area contributed by atoms with E-state index in [1.54, 1.807) is 14.0 Å². The van der Waals surface area contributed by atoms with Crippen LogP contribution in [0.2, 0.25) is 0 Å². The Labute approximate surface area is 115 Å². The van der Waals surface area contributed by atoms with Gasteiger partial charge in [0.1, 0.15) is 5.69 Å². The fourth-order valence-corrected chi connectivity index (χ4v) is 1.84. The molecule has 1 unspecified atom stereocenters. The Morgan fingerprint density at radius 1 is 1.65 bits per heavy atom. The van der Waals surface area contributed by atoms with E-state index in [1.165, 1.54) is 11.8 Å². The fraction of sp³-hybridized carbons (Fsp3) is 0.636. The lowest BCUT2D eigenvalue weighted by Gasteiger charge is -2.14. The number of aliphatic carboxylic acids is 1. The van der Waals surface area contributed by atoms with Gasteiger partial charge in [0.05, 0.1) is 17.4 Å². The van der Waals surface area contributed by atoms with Gasteiger partial charge in [-0.2, -0.15) is 5.10 Å². The molecule has 0 radical (unpaired) electrons. The van der Waals surface area contributed by atoms with Crippen LogP contribution in [0.3, 0.4) is 0 Å². The molecule has 112 valence electrons. The second-order valence-electron chi connectivity index (χ2n) is 4.21. The molecular weight excluding hydrogens is 268 g/mol. The van der Waals surface area contributed by atoms with Crippen molar-refractivity contribution in [3.8, 4) is 0 Å². The van der Waals surface area contributed by atoms with Crippen molar-refractivity contribution >= 4 is 17.5 Å². The van der Waals surface area contributed by atoms with Gasteiger partial charge in [0.15, 0.2) is 0 Å². The Kier molecular flexibility index (Phi) is 5.44. The molecule has 0 aliphatic rings. The molecule has 0 aliphatic carbocycles. The van der Waals surface area contributed by atoms with Crippen LogP contribution in [-0.4, -0.2) is 45.5 Å². The molecule has 0 saturated carbocycles. The minimum atomic E-state index is -0.993.